The highest BCUT2D eigenvalue weighted by atomic mass is 127. The van der Waals surface area contributed by atoms with Crippen molar-refractivity contribution in [2.24, 2.45) is 5.41 Å². The molecule has 29 heavy (non-hydrogen) atoms. The SMILES string of the molecule is CC(C)(C)C(=O)O.COc1cc(-n2nc(I)c3ncnc(N)c32)ccc1[N+](=O)[O-]. The number of rotatable bonds is 3. The number of methoxy groups -OCH3 is 1. The van der Waals surface area contributed by atoms with Crippen molar-refractivity contribution in [3.63, 3.8) is 0 Å². The summed E-state index contributed by atoms with van der Waals surface area (Å²) in [6, 6.07) is 4.44. The van der Waals surface area contributed by atoms with Crippen molar-refractivity contribution in [2.45, 2.75) is 20.8 Å². The van der Waals surface area contributed by atoms with Crippen molar-refractivity contribution in [3.8, 4) is 11.4 Å². The average Bonchev–Trinajstić information content (AvgIpc) is 2.99. The molecule has 12 heteroatoms. The van der Waals surface area contributed by atoms with Gasteiger partial charge in [-0.05, 0) is 49.4 Å². The number of aliphatic carboxylic acids is 1. The Morgan fingerprint density at radius 2 is 1.97 bits per heavy atom. The number of benzene rings is 1. The molecule has 0 radical (unpaired) electrons. The van der Waals surface area contributed by atoms with E-state index in [1.165, 1.54) is 25.6 Å². The largest absolute Gasteiger partial charge is 0.490 e. The van der Waals surface area contributed by atoms with Gasteiger partial charge in [-0.25, -0.2) is 14.6 Å². The molecule has 0 amide bonds. The minimum atomic E-state index is -0.757. The number of nitrogens with zero attached hydrogens (tertiary/aromatic N) is 5. The van der Waals surface area contributed by atoms with E-state index in [-0.39, 0.29) is 17.3 Å². The number of carbonyl (C=O) groups is 1. The molecule has 0 aliphatic carbocycles. The van der Waals surface area contributed by atoms with Crippen molar-refractivity contribution in [1.82, 2.24) is 19.7 Å². The Hall–Kier alpha value is -3.03. The van der Waals surface area contributed by atoms with Gasteiger partial charge in [0, 0.05) is 12.1 Å². The molecule has 3 rings (SSSR count). The van der Waals surface area contributed by atoms with Gasteiger partial charge in [-0.15, -0.1) is 0 Å². The fraction of sp³-hybridized carbons (Fsp3) is 0.294. The summed E-state index contributed by atoms with van der Waals surface area (Å²) in [7, 11) is 1.37. The van der Waals surface area contributed by atoms with E-state index >= 15 is 0 Å². The predicted molar refractivity (Wildman–Crippen MR) is 114 cm³/mol. The lowest BCUT2D eigenvalue weighted by Gasteiger charge is -2.08. The average molecular weight is 514 g/mol. The molecule has 1 aromatic carbocycles. The van der Waals surface area contributed by atoms with Crippen molar-refractivity contribution < 1.29 is 19.6 Å². The number of nitrogens with two attached hydrogens (primary N) is 1. The second-order valence-electron chi connectivity index (χ2n) is 6.83. The minimum absolute atomic E-state index is 0.123. The molecule has 3 aromatic rings. The van der Waals surface area contributed by atoms with Crippen molar-refractivity contribution >= 4 is 51.1 Å². The molecule has 0 aliphatic heterocycles. The summed E-state index contributed by atoms with van der Waals surface area (Å²) >= 11 is 2.04. The third kappa shape index (κ3) is 4.88. The molecule has 0 atom stereocenters. The maximum absolute atomic E-state index is 11.0. The first-order chi connectivity index (χ1) is 13.5. The van der Waals surface area contributed by atoms with Crippen LogP contribution >= 0.6 is 22.6 Å². The number of hydrogen-bond acceptors (Lipinski definition) is 8. The van der Waals surface area contributed by atoms with Gasteiger partial charge in [-0.1, -0.05) is 0 Å². The number of ether oxygens (including phenoxy) is 1. The molecule has 154 valence electrons. The number of carboxylic acids is 1. The summed E-state index contributed by atoms with van der Waals surface area (Å²) in [5.74, 6) is -0.346. The first kappa shape index (κ1) is 22.3. The molecule has 3 N–H and O–H groups in total. The fourth-order valence-corrected chi connectivity index (χ4v) is 2.68. The number of carboxylic acid groups (broad SMARTS) is 1. The number of nitro benzene ring substituents is 1. The number of halogens is 1. The van der Waals surface area contributed by atoms with Gasteiger partial charge in [0.1, 0.15) is 21.1 Å². The third-order valence-corrected chi connectivity index (χ3v) is 4.42. The molecule has 0 aliphatic rings. The molecular formula is C17H19IN6O5. The Morgan fingerprint density at radius 3 is 2.48 bits per heavy atom. The maximum atomic E-state index is 11.0. The van der Waals surface area contributed by atoms with Crippen LogP contribution in [0.1, 0.15) is 20.8 Å². The van der Waals surface area contributed by atoms with Crippen molar-refractivity contribution in [2.75, 3.05) is 12.8 Å². The van der Waals surface area contributed by atoms with Crippen LogP contribution in [0.5, 0.6) is 5.75 Å². The molecule has 0 fully saturated rings. The van der Waals surface area contributed by atoms with Gasteiger partial charge in [0.25, 0.3) is 0 Å². The summed E-state index contributed by atoms with van der Waals surface area (Å²) in [4.78, 5) is 28.6. The molecular weight excluding hydrogens is 495 g/mol. The number of nitrogen functional groups attached to an aromatic ring is 1. The van der Waals surface area contributed by atoms with E-state index in [4.69, 9.17) is 15.6 Å². The van der Waals surface area contributed by atoms with Gasteiger partial charge in [0.15, 0.2) is 11.6 Å². The molecule has 2 aromatic heterocycles. The predicted octanol–water partition coefficient (Wildman–Crippen LogP) is 3.04. The van der Waals surface area contributed by atoms with E-state index in [9.17, 15) is 14.9 Å². The second-order valence-corrected chi connectivity index (χ2v) is 7.85. The smallest absolute Gasteiger partial charge is 0.311 e. The van der Waals surface area contributed by atoms with Gasteiger partial charge < -0.3 is 15.6 Å². The van der Waals surface area contributed by atoms with Crippen LogP contribution in [0.4, 0.5) is 11.5 Å². The summed E-state index contributed by atoms with van der Waals surface area (Å²) in [6.45, 7) is 4.99. The summed E-state index contributed by atoms with van der Waals surface area (Å²) in [6.07, 6.45) is 1.36. The van der Waals surface area contributed by atoms with E-state index in [1.54, 1.807) is 31.5 Å². The summed E-state index contributed by atoms with van der Waals surface area (Å²) in [5.41, 5.74) is 6.92. The lowest BCUT2D eigenvalue weighted by Crippen LogP contribution is -2.18. The topological polar surface area (TPSA) is 159 Å². The Kier molecular flexibility index (Phi) is 6.56. The standard InChI is InChI=1S/C12H9IN6O3.C5H10O2/c1-22-8-4-6(2-3-7(8)19(20)21)18-10-9(11(13)17-18)15-5-16-12(10)14;1-5(2,3)4(6)7/h2-5H,1H3,(H2,14,15,16);1-3H3,(H,6,7). The Balaban J connectivity index is 0.000000370. The van der Waals surface area contributed by atoms with E-state index in [1.807, 2.05) is 22.6 Å². The van der Waals surface area contributed by atoms with Gasteiger partial charge in [0.2, 0.25) is 0 Å². The van der Waals surface area contributed by atoms with Crippen LogP contribution < -0.4 is 10.5 Å². The lowest BCUT2D eigenvalue weighted by atomic mass is 9.98. The molecule has 0 unspecified atom stereocenters. The fourth-order valence-electron chi connectivity index (χ4n) is 2.07. The van der Waals surface area contributed by atoms with Crippen molar-refractivity contribution in [1.29, 1.82) is 0 Å². The van der Waals surface area contributed by atoms with Crippen LogP contribution in [0.15, 0.2) is 24.5 Å². The first-order valence-electron chi connectivity index (χ1n) is 8.18. The number of fused-ring (bicyclic) bond motifs is 1. The number of aromatic nitrogens is 4. The first-order valence-corrected chi connectivity index (χ1v) is 9.26. The Bertz CT molecular complexity index is 1080. The van der Waals surface area contributed by atoms with Gasteiger partial charge in [-0.3, -0.25) is 14.9 Å². The van der Waals surface area contributed by atoms with E-state index in [0.29, 0.717) is 20.4 Å². The molecule has 11 nitrogen and oxygen atoms in total. The van der Waals surface area contributed by atoms with Gasteiger partial charge in [-0.2, -0.15) is 5.10 Å². The Labute approximate surface area is 179 Å². The molecule has 0 spiro atoms. The molecule has 0 saturated carbocycles. The van der Waals surface area contributed by atoms with E-state index < -0.39 is 16.3 Å². The number of nitro groups is 1. The zero-order valence-corrected chi connectivity index (χ0v) is 18.2. The van der Waals surface area contributed by atoms with E-state index in [0.717, 1.165) is 0 Å². The molecule has 0 bridgehead atoms. The second kappa shape index (κ2) is 8.55. The highest BCUT2D eigenvalue weighted by molar-refractivity contribution is 14.1. The zero-order valence-electron chi connectivity index (χ0n) is 16.1. The van der Waals surface area contributed by atoms with E-state index in [2.05, 4.69) is 15.1 Å². The van der Waals surface area contributed by atoms with Crippen LogP contribution in [-0.2, 0) is 4.79 Å². The number of hydrogen-bond donors (Lipinski definition) is 2. The highest BCUT2D eigenvalue weighted by Gasteiger charge is 2.20. The quantitative estimate of drug-likeness (QED) is 0.304. The third-order valence-electron chi connectivity index (χ3n) is 3.69. The summed E-state index contributed by atoms with van der Waals surface area (Å²) < 4.78 is 7.26. The zero-order chi connectivity index (χ0) is 21.9. The summed E-state index contributed by atoms with van der Waals surface area (Å²) in [5, 5.41) is 23.6. The van der Waals surface area contributed by atoms with Gasteiger partial charge >= 0.3 is 11.7 Å². The minimum Gasteiger partial charge on any atom is -0.490 e. The monoisotopic (exact) mass is 514 g/mol. The van der Waals surface area contributed by atoms with Crippen LogP contribution in [0.3, 0.4) is 0 Å². The van der Waals surface area contributed by atoms with Crippen LogP contribution in [0.25, 0.3) is 16.7 Å². The van der Waals surface area contributed by atoms with Crippen molar-refractivity contribution in [3.05, 3.63) is 38.3 Å². The Morgan fingerprint density at radius 1 is 1.34 bits per heavy atom. The number of anilines is 1. The van der Waals surface area contributed by atoms with Crippen LogP contribution in [-0.4, -0.2) is 42.9 Å². The molecule has 2 heterocycles. The molecule has 0 saturated heterocycles. The maximum Gasteiger partial charge on any atom is 0.311 e. The van der Waals surface area contributed by atoms with Crippen LogP contribution in [0.2, 0.25) is 0 Å². The van der Waals surface area contributed by atoms with Gasteiger partial charge in [0.05, 0.1) is 23.1 Å². The lowest BCUT2D eigenvalue weighted by molar-refractivity contribution is -0.385. The van der Waals surface area contributed by atoms with Crippen LogP contribution in [0, 0.1) is 19.2 Å². The highest BCUT2D eigenvalue weighted by Crippen LogP contribution is 2.31. The normalized spacial score (nSPS) is 10.9.